The minimum Gasteiger partial charge on any atom is -0.207 e. The maximum Gasteiger partial charge on any atom is 0.244 e. The fourth-order valence-electron chi connectivity index (χ4n) is 2.88. The number of rotatable bonds is 3. The van der Waals surface area contributed by atoms with Crippen molar-refractivity contribution >= 4 is 20.8 Å². The number of fused-ring (bicyclic) bond motifs is 1. The first kappa shape index (κ1) is 13.5. The molecule has 0 aromatic heterocycles. The molecule has 0 aliphatic carbocycles. The van der Waals surface area contributed by atoms with Crippen molar-refractivity contribution in [2.45, 2.75) is 10.9 Å². The molecular weight excluding hydrogens is 294 g/mol. The SMILES string of the molecule is O=S(=O)(c1cccc2ccccc12)N1CC1c1ccccc1. The molecule has 0 amide bonds. The second-order valence-corrected chi connectivity index (χ2v) is 7.34. The van der Waals surface area contributed by atoms with Crippen molar-refractivity contribution in [2.24, 2.45) is 0 Å². The van der Waals surface area contributed by atoms with E-state index in [-0.39, 0.29) is 6.04 Å². The molecule has 3 aromatic rings. The van der Waals surface area contributed by atoms with Gasteiger partial charge in [0.25, 0.3) is 0 Å². The minimum absolute atomic E-state index is 0.0369. The normalized spacial score (nSPS) is 20.9. The van der Waals surface area contributed by atoms with Crippen molar-refractivity contribution in [3.63, 3.8) is 0 Å². The molecule has 0 radical (unpaired) electrons. The van der Waals surface area contributed by atoms with E-state index in [9.17, 15) is 8.42 Å². The molecule has 4 rings (SSSR count). The number of sulfonamides is 1. The van der Waals surface area contributed by atoms with Crippen LogP contribution in [0.15, 0.2) is 77.7 Å². The smallest absolute Gasteiger partial charge is 0.207 e. The lowest BCUT2D eigenvalue weighted by Gasteiger charge is -2.09. The van der Waals surface area contributed by atoms with Crippen LogP contribution in [0.2, 0.25) is 0 Å². The third kappa shape index (κ3) is 2.12. The molecule has 2 atom stereocenters. The molecule has 3 nitrogen and oxygen atoms in total. The Hall–Kier alpha value is -2.17. The van der Waals surface area contributed by atoms with Gasteiger partial charge in [0, 0.05) is 11.9 Å². The Balaban J connectivity index is 1.76. The number of benzene rings is 3. The number of hydrogen-bond donors (Lipinski definition) is 0. The maximum absolute atomic E-state index is 12.9. The van der Waals surface area contributed by atoms with Crippen LogP contribution in [-0.4, -0.2) is 19.3 Å². The molecule has 0 N–H and O–H groups in total. The van der Waals surface area contributed by atoms with Gasteiger partial charge >= 0.3 is 0 Å². The van der Waals surface area contributed by atoms with E-state index in [1.54, 1.807) is 16.4 Å². The Kier molecular flexibility index (Phi) is 3.03. The van der Waals surface area contributed by atoms with Gasteiger partial charge in [-0.2, -0.15) is 4.31 Å². The molecule has 1 saturated heterocycles. The Morgan fingerprint density at radius 3 is 2.32 bits per heavy atom. The summed E-state index contributed by atoms with van der Waals surface area (Å²) in [7, 11) is -3.46. The van der Waals surface area contributed by atoms with Crippen LogP contribution in [0.3, 0.4) is 0 Å². The molecule has 2 unspecified atom stereocenters. The molecule has 1 fully saturated rings. The molecule has 1 aliphatic rings. The lowest BCUT2D eigenvalue weighted by Crippen LogP contribution is -2.13. The van der Waals surface area contributed by atoms with Crippen LogP contribution in [0.5, 0.6) is 0 Å². The highest BCUT2D eigenvalue weighted by Crippen LogP contribution is 2.41. The highest BCUT2D eigenvalue weighted by atomic mass is 32.2. The number of nitrogens with zero attached hydrogens (tertiary/aromatic N) is 1. The molecule has 0 spiro atoms. The second kappa shape index (κ2) is 4.93. The first-order valence-electron chi connectivity index (χ1n) is 7.22. The Labute approximate surface area is 129 Å². The summed E-state index contributed by atoms with van der Waals surface area (Å²) in [5.74, 6) is 0. The number of hydrogen-bond acceptors (Lipinski definition) is 2. The quantitative estimate of drug-likeness (QED) is 0.693. The van der Waals surface area contributed by atoms with Gasteiger partial charge in [0.05, 0.1) is 10.9 Å². The van der Waals surface area contributed by atoms with E-state index in [2.05, 4.69) is 0 Å². The Morgan fingerprint density at radius 2 is 1.50 bits per heavy atom. The largest absolute Gasteiger partial charge is 0.244 e. The molecule has 1 heterocycles. The molecule has 0 bridgehead atoms. The first-order valence-corrected chi connectivity index (χ1v) is 8.66. The molecular formula is C18H15NO2S. The Morgan fingerprint density at radius 1 is 0.818 bits per heavy atom. The molecule has 110 valence electrons. The highest BCUT2D eigenvalue weighted by Gasteiger charge is 2.45. The summed E-state index contributed by atoms with van der Waals surface area (Å²) in [6, 6.07) is 22.8. The van der Waals surface area contributed by atoms with Crippen LogP contribution in [-0.2, 0) is 10.0 Å². The lowest BCUT2D eigenvalue weighted by atomic mass is 10.1. The molecule has 22 heavy (non-hydrogen) atoms. The van der Waals surface area contributed by atoms with Crippen molar-refractivity contribution < 1.29 is 8.42 Å². The summed E-state index contributed by atoms with van der Waals surface area (Å²) in [6.45, 7) is 0.551. The summed E-state index contributed by atoms with van der Waals surface area (Å²) in [4.78, 5) is 0.393. The van der Waals surface area contributed by atoms with Crippen molar-refractivity contribution in [2.75, 3.05) is 6.54 Å². The first-order chi connectivity index (χ1) is 10.7. The minimum atomic E-state index is -3.46. The van der Waals surface area contributed by atoms with Crippen LogP contribution in [0.4, 0.5) is 0 Å². The second-order valence-electron chi connectivity index (χ2n) is 5.48. The van der Waals surface area contributed by atoms with Gasteiger partial charge < -0.3 is 0 Å². The zero-order valence-electron chi connectivity index (χ0n) is 11.9. The zero-order chi connectivity index (χ0) is 15.2. The standard InChI is InChI=1S/C18H15NO2S/c20-22(21,19-13-17(19)15-8-2-1-3-9-15)18-12-6-10-14-7-4-5-11-16(14)18/h1-12,17H,13H2. The lowest BCUT2D eigenvalue weighted by molar-refractivity contribution is 0.555. The molecule has 1 aliphatic heterocycles. The van der Waals surface area contributed by atoms with Gasteiger partial charge in [0.1, 0.15) is 0 Å². The van der Waals surface area contributed by atoms with E-state index < -0.39 is 10.0 Å². The van der Waals surface area contributed by atoms with Crippen LogP contribution >= 0.6 is 0 Å². The topological polar surface area (TPSA) is 37.1 Å². The average molecular weight is 309 g/mol. The summed E-state index contributed by atoms with van der Waals surface area (Å²) in [5, 5.41) is 1.73. The molecule has 0 saturated carbocycles. The fraction of sp³-hybridized carbons (Fsp3) is 0.111. The van der Waals surface area contributed by atoms with E-state index in [0.717, 1.165) is 16.3 Å². The van der Waals surface area contributed by atoms with Crippen molar-refractivity contribution in [3.05, 3.63) is 78.4 Å². The van der Waals surface area contributed by atoms with E-state index in [4.69, 9.17) is 0 Å². The predicted octanol–water partition coefficient (Wildman–Crippen LogP) is 3.59. The van der Waals surface area contributed by atoms with E-state index in [1.807, 2.05) is 60.7 Å². The third-order valence-corrected chi connectivity index (χ3v) is 6.02. The van der Waals surface area contributed by atoms with Crippen molar-refractivity contribution in [3.8, 4) is 0 Å². The molecule has 3 aromatic carbocycles. The van der Waals surface area contributed by atoms with Crippen LogP contribution in [0.1, 0.15) is 11.6 Å². The fourth-order valence-corrected chi connectivity index (χ4v) is 4.64. The maximum atomic E-state index is 12.9. The summed E-state index contributed by atoms with van der Waals surface area (Å²) >= 11 is 0. The van der Waals surface area contributed by atoms with E-state index in [0.29, 0.717) is 11.4 Å². The zero-order valence-corrected chi connectivity index (χ0v) is 12.7. The van der Waals surface area contributed by atoms with Crippen LogP contribution < -0.4 is 0 Å². The average Bonchev–Trinajstić information content (AvgIpc) is 3.36. The van der Waals surface area contributed by atoms with Gasteiger partial charge in [-0.1, -0.05) is 66.7 Å². The van der Waals surface area contributed by atoms with E-state index in [1.165, 1.54) is 0 Å². The monoisotopic (exact) mass is 309 g/mol. The summed E-state index contributed by atoms with van der Waals surface area (Å²) in [6.07, 6.45) is 0. The van der Waals surface area contributed by atoms with Gasteiger partial charge in [0.2, 0.25) is 10.0 Å². The van der Waals surface area contributed by atoms with Gasteiger partial charge in [0.15, 0.2) is 0 Å². The van der Waals surface area contributed by atoms with Gasteiger partial charge in [-0.25, -0.2) is 8.42 Å². The third-order valence-electron chi connectivity index (χ3n) is 4.09. The Bertz CT molecular complexity index is 930. The summed E-state index contributed by atoms with van der Waals surface area (Å²) in [5.41, 5.74) is 1.05. The van der Waals surface area contributed by atoms with E-state index >= 15 is 0 Å². The van der Waals surface area contributed by atoms with Gasteiger partial charge in [-0.3, -0.25) is 0 Å². The van der Waals surface area contributed by atoms with Gasteiger partial charge in [-0.15, -0.1) is 0 Å². The van der Waals surface area contributed by atoms with Crippen molar-refractivity contribution in [1.29, 1.82) is 0 Å². The molecule has 4 heteroatoms. The van der Waals surface area contributed by atoms with Crippen LogP contribution in [0.25, 0.3) is 10.8 Å². The van der Waals surface area contributed by atoms with Crippen LogP contribution in [0, 0.1) is 0 Å². The predicted molar refractivity (Wildman–Crippen MR) is 87.0 cm³/mol. The summed E-state index contributed by atoms with van der Waals surface area (Å²) < 4.78 is 27.4. The van der Waals surface area contributed by atoms with Gasteiger partial charge in [-0.05, 0) is 17.0 Å². The highest BCUT2D eigenvalue weighted by molar-refractivity contribution is 7.89. The van der Waals surface area contributed by atoms with Crippen molar-refractivity contribution in [1.82, 2.24) is 4.31 Å².